The quantitative estimate of drug-likeness (QED) is 0.714. The molecule has 2 fully saturated rings. The highest BCUT2D eigenvalue weighted by Crippen LogP contribution is 2.40. The number of fused-ring (bicyclic) bond motifs is 1. The number of ether oxygens (including phenoxy) is 3. The Morgan fingerprint density at radius 3 is 2.53 bits per heavy atom. The normalized spacial score (nSPS) is 47.4. The molecule has 0 amide bonds. The minimum Gasteiger partial charge on any atom is -0.370 e. The van der Waals surface area contributed by atoms with Gasteiger partial charge in [-0.15, -0.1) is 0 Å². The molecule has 0 bridgehead atoms. The molecule has 0 spiro atoms. The van der Waals surface area contributed by atoms with Gasteiger partial charge in [-0.25, -0.2) is 0 Å². The fourth-order valence-corrected chi connectivity index (χ4v) is 3.49. The van der Waals surface area contributed by atoms with Crippen molar-refractivity contribution in [2.45, 2.75) is 51.5 Å². The van der Waals surface area contributed by atoms with Gasteiger partial charge in [0.05, 0.1) is 25.1 Å². The molecule has 7 atom stereocenters. The van der Waals surface area contributed by atoms with Gasteiger partial charge < -0.3 is 14.2 Å². The molecule has 3 nitrogen and oxygen atoms in total. The highest BCUT2D eigenvalue weighted by molar-refractivity contribution is 7.55. The fraction of sp³-hybridized carbons (Fsp3) is 0.923. The van der Waals surface area contributed by atoms with Crippen molar-refractivity contribution in [2.24, 2.45) is 11.8 Å². The van der Waals surface area contributed by atoms with E-state index in [-0.39, 0.29) is 18.2 Å². The van der Waals surface area contributed by atoms with Gasteiger partial charge in [0, 0.05) is 0 Å². The molecule has 0 aromatic carbocycles. The zero-order valence-corrected chi connectivity index (χ0v) is 12.2. The summed E-state index contributed by atoms with van der Waals surface area (Å²) in [6.07, 6.45) is 5.75. The first-order valence-corrected chi connectivity index (χ1v) is 8.54. The van der Waals surface area contributed by atoms with Gasteiger partial charge in [-0.3, -0.25) is 0 Å². The van der Waals surface area contributed by atoms with Crippen LogP contribution < -0.4 is 0 Å². The second kappa shape index (κ2) is 5.36. The van der Waals surface area contributed by atoms with Crippen LogP contribution in [0.4, 0.5) is 0 Å². The van der Waals surface area contributed by atoms with Crippen LogP contribution in [-0.2, 0) is 14.2 Å². The Bertz CT molecular complexity index is 292. The van der Waals surface area contributed by atoms with E-state index in [1.54, 1.807) is 0 Å². The molecular formula is C13H24O3P+. The third-order valence-corrected chi connectivity index (χ3v) is 5.08. The zero-order valence-electron chi connectivity index (χ0n) is 11.3. The van der Waals surface area contributed by atoms with Crippen molar-refractivity contribution in [3.8, 4) is 0 Å². The van der Waals surface area contributed by atoms with Gasteiger partial charge in [0.1, 0.15) is 20.3 Å². The molecular weight excluding hydrogens is 235 g/mol. The van der Waals surface area contributed by atoms with Crippen molar-refractivity contribution in [3.05, 3.63) is 0 Å². The Hall–Kier alpha value is 0.0500. The molecule has 2 saturated heterocycles. The molecule has 2 aliphatic rings. The van der Waals surface area contributed by atoms with Crippen LogP contribution in [-0.4, -0.2) is 43.9 Å². The van der Waals surface area contributed by atoms with E-state index in [9.17, 15) is 0 Å². The van der Waals surface area contributed by atoms with Crippen LogP contribution >= 0.6 is 7.55 Å². The summed E-state index contributed by atoms with van der Waals surface area (Å²) in [6.45, 7) is 9.47. The smallest absolute Gasteiger partial charge is 0.324 e. The Morgan fingerprint density at radius 1 is 1.24 bits per heavy atom. The monoisotopic (exact) mass is 259 g/mol. The molecule has 0 aliphatic carbocycles. The van der Waals surface area contributed by atoms with Gasteiger partial charge in [-0.2, -0.15) is 0 Å². The van der Waals surface area contributed by atoms with Crippen molar-refractivity contribution in [1.29, 1.82) is 0 Å². The molecule has 0 aromatic heterocycles. The molecule has 0 saturated carbocycles. The predicted molar refractivity (Wildman–Crippen MR) is 71.9 cm³/mol. The Kier molecular flexibility index (Phi) is 4.25. The van der Waals surface area contributed by atoms with Gasteiger partial charge in [-0.1, -0.05) is 20.8 Å². The van der Waals surface area contributed by atoms with Crippen LogP contribution in [0.25, 0.3) is 0 Å². The van der Waals surface area contributed by atoms with Gasteiger partial charge in [0.2, 0.25) is 0 Å². The van der Waals surface area contributed by atoms with Crippen molar-refractivity contribution in [3.63, 3.8) is 0 Å². The van der Waals surface area contributed by atoms with Crippen molar-refractivity contribution in [1.82, 2.24) is 0 Å². The lowest BCUT2D eigenvalue weighted by molar-refractivity contribution is -0.281. The Balaban J connectivity index is 2.08. The maximum atomic E-state index is 6.09. The highest BCUT2D eigenvalue weighted by Gasteiger charge is 2.47. The Labute approximate surface area is 105 Å². The molecule has 0 radical (unpaired) electrons. The Morgan fingerprint density at radius 2 is 1.94 bits per heavy atom. The molecule has 2 heterocycles. The van der Waals surface area contributed by atoms with E-state index >= 15 is 0 Å². The molecule has 0 aromatic rings. The second-order valence-corrected chi connectivity index (χ2v) is 7.27. The second-order valence-electron chi connectivity index (χ2n) is 5.34. The third kappa shape index (κ3) is 2.58. The van der Waals surface area contributed by atoms with Crippen LogP contribution in [0, 0.1) is 11.8 Å². The minimum absolute atomic E-state index is 0.109. The fourth-order valence-electron chi connectivity index (χ4n) is 2.80. The van der Waals surface area contributed by atoms with Gasteiger partial charge in [0.15, 0.2) is 0 Å². The van der Waals surface area contributed by atoms with E-state index in [2.05, 4.69) is 33.7 Å². The lowest BCUT2D eigenvalue weighted by atomic mass is 9.80. The van der Waals surface area contributed by atoms with Crippen molar-refractivity contribution in [2.75, 3.05) is 13.3 Å². The molecule has 4 heteroatoms. The molecule has 17 heavy (non-hydrogen) atoms. The van der Waals surface area contributed by atoms with Gasteiger partial charge >= 0.3 is 6.03 Å². The SMILES string of the molecule is C=[P+](C)C1OCC2OC(CC)C(C)C(C)C2O1. The lowest BCUT2D eigenvalue weighted by Gasteiger charge is -2.46. The molecule has 2 aliphatic heterocycles. The van der Waals surface area contributed by atoms with Gasteiger partial charge in [-0.05, 0) is 18.3 Å². The summed E-state index contributed by atoms with van der Waals surface area (Å²) in [5.74, 6) is 1.08. The van der Waals surface area contributed by atoms with Crippen LogP contribution in [0.15, 0.2) is 0 Å². The summed E-state index contributed by atoms with van der Waals surface area (Å²) in [7, 11) is -0.449. The number of hydrogen-bond acceptors (Lipinski definition) is 3. The van der Waals surface area contributed by atoms with Crippen LogP contribution in [0.1, 0.15) is 27.2 Å². The van der Waals surface area contributed by atoms with E-state index in [0.29, 0.717) is 24.5 Å². The summed E-state index contributed by atoms with van der Waals surface area (Å²) in [4.78, 5) is 0. The summed E-state index contributed by atoms with van der Waals surface area (Å²) in [5, 5.41) is 0. The van der Waals surface area contributed by atoms with Crippen molar-refractivity contribution >= 4 is 13.8 Å². The average molecular weight is 259 g/mol. The lowest BCUT2D eigenvalue weighted by Crippen LogP contribution is -2.55. The van der Waals surface area contributed by atoms with E-state index in [0.717, 1.165) is 6.42 Å². The number of rotatable bonds is 2. The molecule has 2 rings (SSSR count). The maximum absolute atomic E-state index is 6.09. The first-order chi connectivity index (χ1) is 8.04. The predicted octanol–water partition coefficient (Wildman–Crippen LogP) is 2.68. The minimum atomic E-state index is -0.449. The number of hydrogen-bond donors (Lipinski definition) is 0. The summed E-state index contributed by atoms with van der Waals surface area (Å²) >= 11 is 0. The van der Waals surface area contributed by atoms with E-state index in [1.165, 1.54) is 0 Å². The van der Waals surface area contributed by atoms with Crippen LogP contribution in [0.5, 0.6) is 0 Å². The van der Waals surface area contributed by atoms with E-state index < -0.39 is 7.55 Å². The molecule has 7 unspecified atom stereocenters. The zero-order chi connectivity index (χ0) is 12.6. The third-order valence-electron chi connectivity index (χ3n) is 4.09. The topological polar surface area (TPSA) is 27.7 Å². The maximum Gasteiger partial charge on any atom is 0.324 e. The first-order valence-electron chi connectivity index (χ1n) is 6.50. The van der Waals surface area contributed by atoms with Crippen molar-refractivity contribution < 1.29 is 14.2 Å². The van der Waals surface area contributed by atoms with E-state index in [1.807, 2.05) is 0 Å². The molecule has 0 N–H and O–H groups in total. The van der Waals surface area contributed by atoms with Crippen LogP contribution in [0.3, 0.4) is 0 Å². The summed E-state index contributed by atoms with van der Waals surface area (Å²) < 4.78 is 17.8. The van der Waals surface area contributed by atoms with E-state index in [4.69, 9.17) is 14.2 Å². The summed E-state index contributed by atoms with van der Waals surface area (Å²) in [5.41, 5.74) is 0. The average Bonchev–Trinajstić information content (AvgIpc) is 2.33. The van der Waals surface area contributed by atoms with Gasteiger partial charge in [0.25, 0.3) is 0 Å². The summed E-state index contributed by atoms with van der Waals surface area (Å²) in [6, 6.07) is -0.109. The molecule has 98 valence electrons. The van der Waals surface area contributed by atoms with Crippen LogP contribution in [0.2, 0.25) is 0 Å². The standard InChI is InChI=1S/C13H24O3P/c1-6-10-8(2)9(3)12-11(15-10)7-14-13(16-12)17(4)5/h8-13H,4,6-7H2,1-3,5H3/q+1. The largest absolute Gasteiger partial charge is 0.370 e. The first kappa shape index (κ1) is 13.5. The highest BCUT2D eigenvalue weighted by atomic mass is 31.1.